The molecule has 0 amide bonds. The molecule has 0 aliphatic rings. The van der Waals surface area contributed by atoms with Crippen LogP contribution in [0.3, 0.4) is 0 Å². The quantitative estimate of drug-likeness (QED) is 0.789. The van der Waals surface area contributed by atoms with E-state index in [2.05, 4.69) is 36.3 Å². The van der Waals surface area contributed by atoms with Gasteiger partial charge < -0.3 is 5.11 Å². The number of carbonyl (C=O) groups is 1. The second kappa shape index (κ2) is 6.08. The maximum absolute atomic E-state index is 10.9. The van der Waals surface area contributed by atoms with Crippen molar-refractivity contribution in [2.75, 3.05) is 0 Å². The number of carboxylic acid groups (broad SMARTS) is 1. The molecule has 3 rings (SSSR count). The second-order valence-corrected chi connectivity index (χ2v) is 5.48. The topological polar surface area (TPSA) is 55.1 Å². The van der Waals surface area contributed by atoms with E-state index in [9.17, 15) is 4.79 Å². The van der Waals surface area contributed by atoms with Gasteiger partial charge in [-0.15, -0.1) is 0 Å². The third-order valence-electron chi connectivity index (χ3n) is 3.95. The molecule has 1 aromatic heterocycles. The monoisotopic (exact) mass is 306 g/mol. The van der Waals surface area contributed by atoms with Gasteiger partial charge in [0, 0.05) is 11.8 Å². The predicted molar refractivity (Wildman–Crippen MR) is 90.1 cm³/mol. The van der Waals surface area contributed by atoms with Crippen molar-refractivity contribution in [1.82, 2.24) is 9.78 Å². The summed E-state index contributed by atoms with van der Waals surface area (Å²) in [6.45, 7) is 4.09. The number of nitrogens with zero attached hydrogens (tertiary/aromatic N) is 2. The summed E-state index contributed by atoms with van der Waals surface area (Å²) in [6, 6.07) is 15.2. The minimum Gasteiger partial charge on any atom is -0.478 e. The van der Waals surface area contributed by atoms with Gasteiger partial charge in [0.1, 0.15) is 0 Å². The highest BCUT2D eigenvalue weighted by molar-refractivity contribution is 5.88. The number of carboxylic acids is 1. The lowest BCUT2D eigenvalue weighted by molar-refractivity contribution is 0.0697. The first-order valence-corrected chi connectivity index (χ1v) is 7.58. The third-order valence-corrected chi connectivity index (χ3v) is 3.95. The first kappa shape index (κ1) is 15.0. The largest absolute Gasteiger partial charge is 0.478 e. The first-order chi connectivity index (χ1) is 11.1. The van der Waals surface area contributed by atoms with E-state index >= 15 is 0 Å². The summed E-state index contributed by atoms with van der Waals surface area (Å²) in [4.78, 5) is 10.9. The summed E-state index contributed by atoms with van der Waals surface area (Å²) in [5.74, 6) is -0.917. The van der Waals surface area contributed by atoms with Crippen LogP contribution in [0.4, 0.5) is 0 Å². The van der Waals surface area contributed by atoms with E-state index in [1.165, 1.54) is 5.56 Å². The number of aryl methyl sites for hydroxylation is 2. The van der Waals surface area contributed by atoms with Gasteiger partial charge >= 0.3 is 5.97 Å². The molecule has 0 saturated carbocycles. The van der Waals surface area contributed by atoms with Crippen LogP contribution in [-0.4, -0.2) is 20.9 Å². The summed E-state index contributed by atoms with van der Waals surface area (Å²) < 4.78 is 1.86. The second-order valence-electron chi connectivity index (χ2n) is 5.48. The van der Waals surface area contributed by atoms with E-state index in [0.717, 1.165) is 28.9 Å². The van der Waals surface area contributed by atoms with Crippen LogP contribution in [0, 0.1) is 6.92 Å². The molecule has 23 heavy (non-hydrogen) atoms. The van der Waals surface area contributed by atoms with Crippen LogP contribution in [0.1, 0.15) is 28.5 Å². The number of benzene rings is 2. The van der Waals surface area contributed by atoms with Crippen molar-refractivity contribution in [3.8, 4) is 16.8 Å². The van der Waals surface area contributed by atoms with Gasteiger partial charge in [-0.05, 0) is 48.7 Å². The Balaban J connectivity index is 1.95. The predicted octanol–water partition coefficient (Wildman–Crippen LogP) is 4.11. The van der Waals surface area contributed by atoms with Gasteiger partial charge in [0.05, 0.1) is 16.9 Å². The molecule has 1 heterocycles. The Morgan fingerprint density at radius 1 is 1.09 bits per heavy atom. The third kappa shape index (κ3) is 3.01. The number of hydrogen-bond acceptors (Lipinski definition) is 2. The Hall–Kier alpha value is -2.88. The minimum atomic E-state index is -0.917. The molecule has 0 aliphatic heterocycles. The zero-order valence-electron chi connectivity index (χ0n) is 13.2. The maximum atomic E-state index is 10.9. The molecule has 2 aromatic carbocycles. The molecule has 4 nitrogen and oxygen atoms in total. The normalized spacial score (nSPS) is 10.7. The fourth-order valence-electron chi connectivity index (χ4n) is 2.55. The number of aromatic nitrogens is 2. The molecule has 4 heteroatoms. The Morgan fingerprint density at radius 3 is 2.30 bits per heavy atom. The van der Waals surface area contributed by atoms with Crippen LogP contribution in [0.25, 0.3) is 16.8 Å². The summed E-state index contributed by atoms with van der Waals surface area (Å²) in [5, 5.41) is 13.6. The van der Waals surface area contributed by atoms with Gasteiger partial charge in [0.25, 0.3) is 0 Å². The Kier molecular flexibility index (Phi) is 3.98. The van der Waals surface area contributed by atoms with E-state index in [-0.39, 0.29) is 5.56 Å². The van der Waals surface area contributed by atoms with Crippen molar-refractivity contribution in [1.29, 1.82) is 0 Å². The average Bonchev–Trinajstić information content (AvgIpc) is 2.97. The zero-order valence-corrected chi connectivity index (χ0v) is 13.2. The molecule has 0 saturated heterocycles. The number of rotatable bonds is 4. The number of aromatic carboxylic acids is 1. The van der Waals surface area contributed by atoms with Crippen LogP contribution in [0.15, 0.2) is 54.7 Å². The van der Waals surface area contributed by atoms with Crippen LogP contribution in [-0.2, 0) is 6.42 Å². The Morgan fingerprint density at radius 2 is 1.74 bits per heavy atom. The van der Waals surface area contributed by atoms with Crippen molar-refractivity contribution in [2.24, 2.45) is 0 Å². The lowest BCUT2D eigenvalue weighted by atomic mass is 10.1. The van der Waals surface area contributed by atoms with E-state index in [1.54, 1.807) is 12.1 Å². The maximum Gasteiger partial charge on any atom is 0.335 e. The van der Waals surface area contributed by atoms with Gasteiger partial charge in [0.2, 0.25) is 0 Å². The van der Waals surface area contributed by atoms with Gasteiger partial charge in [-0.1, -0.05) is 31.2 Å². The van der Waals surface area contributed by atoms with Crippen molar-refractivity contribution in [2.45, 2.75) is 20.3 Å². The van der Waals surface area contributed by atoms with Crippen LogP contribution < -0.4 is 0 Å². The molecule has 0 radical (unpaired) electrons. The van der Waals surface area contributed by atoms with Gasteiger partial charge in [-0.3, -0.25) is 0 Å². The van der Waals surface area contributed by atoms with Crippen molar-refractivity contribution in [3.63, 3.8) is 0 Å². The molecule has 0 atom stereocenters. The van der Waals surface area contributed by atoms with Gasteiger partial charge in [-0.25, -0.2) is 9.48 Å². The van der Waals surface area contributed by atoms with E-state index in [0.29, 0.717) is 0 Å². The summed E-state index contributed by atoms with van der Waals surface area (Å²) in [7, 11) is 0. The highest BCUT2D eigenvalue weighted by atomic mass is 16.4. The summed E-state index contributed by atoms with van der Waals surface area (Å²) >= 11 is 0. The smallest absolute Gasteiger partial charge is 0.335 e. The molecular formula is C19H18N2O2. The highest BCUT2D eigenvalue weighted by Crippen LogP contribution is 2.24. The molecule has 0 aliphatic carbocycles. The molecule has 0 bridgehead atoms. The average molecular weight is 306 g/mol. The summed E-state index contributed by atoms with van der Waals surface area (Å²) in [5.41, 5.74) is 5.47. The van der Waals surface area contributed by atoms with Crippen molar-refractivity contribution in [3.05, 3.63) is 71.5 Å². The SMILES string of the molecule is CCc1ccc(-n2cc(-c3ccc(C(=O)O)cc3)c(C)n2)cc1. The van der Waals surface area contributed by atoms with Crippen LogP contribution in [0.2, 0.25) is 0 Å². The van der Waals surface area contributed by atoms with E-state index < -0.39 is 5.97 Å². The fourth-order valence-corrected chi connectivity index (χ4v) is 2.55. The standard InChI is InChI=1S/C19H18N2O2/c1-3-14-4-10-17(11-5-14)21-12-18(13(2)20-21)15-6-8-16(9-7-15)19(22)23/h4-12H,3H2,1-2H3,(H,22,23). The van der Waals surface area contributed by atoms with Gasteiger partial charge in [-0.2, -0.15) is 5.10 Å². The Bertz CT molecular complexity index is 831. The molecule has 1 N–H and O–H groups in total. The number of hydrogen-bond donors (Lipinski definition) is 1. The molecule has 0 fully saturated rings. The summed E-state index contributed by atoms with van der Waals surface area (Å²) in [6.07, 6.45) is 2.99. The van der Waals surface area contributed by atoms with E-state index in [4.69, 9.17) is 5.11 Å². The molecule has 3 aromatic rings. The van der Waals surface area contributed by atoms with Crippen molar-refractivity contribution < 1.29 is 9.90 Å². The lowest BCUT2D eigenvalue weighted by Crippen LogP contribution is -1.95. The van der Waals surface area contributed by atoms with Crippen molar-refractivity contribution >= 4 is 5.97 Å². The molecule has 0 spiro atoms. The molecular weight excluding hydrogens is 288 g/mol. The van der Waals surface area contributed by atoms with Crippen LogP contribution >= 0.6 is 0 Å². The Labute approximate surface area is 135 Å². The highest BCUT2D eigenvalue weighted by Gasteiger charge is 2.10. The lowest BCUT2D eigenvalue weighted by Gasteiger charge is -2.02. The fraction of sp³-hybridized carbons (Fsp3) is 0.158. The molecule has 0 unspecified atom stereocenters. The first-order valence-electron chi connectivity index (χ1n) is 7.58. The van der Waals surface area contributed by atoms with Crippen LogP contribution in [0.5, 0.6) is 0 Å². The van der Waals surface area contributed by atoms with E-state index in [1.807, 2.05) is 29.9 Å². The van der Waals surface area contributed by atoms with Gasteiger partial charge in [0.15, 0.2) is 0 Å². The zero-order chi connectivity index (χ0) is 16.4. The minimum absolute atomic E-state index is 0.286. The molecule has 116 valence electrons.